The summed E-state index contributed by atoms with van der Waals surface area (Å²) >= 11 is 0. The molecule has 0 bridgehead atoms. The number of fused-ring (bicyclic) bond motifs is 6. The molecule has 0 aliphatic carbocycles. The third kappa shape index (κ3) is 5.68. The molecule has 262 valence electrons. The van der Waals surface area contributed by atoms with Gasteiger partial charge in [-0.3, -0.25) is 0 Å². The van der Waals surface area contributed by atoms with Crippen molar-refractivity contribution in [1.29, 1.82) is 0 Å². The van der Waals surface area contributed by atoms with Crippen LogP contribution in [0.3, 0.4) is 0 Å². The Hall–Kier alpha value is -7.42. The van der Waals surface area contributed by atoms with E-state index in [1.165, 1.54) is 44.5 Å². The molecule has 2 heterocycles. The summed E-state index contributed by atoms with van der Waals surface area (Å²) in [5, 5.41) is 4.23. The molecule has 0 aliphatic heterocycles. The first kappa shape index (κ1) is 32.0. The Morgan fingerprint density at radius 3 is 0.750 bits per heavy atom. The van der Waals surface area contributed by atoms with Gasteiger partial charge in [-0.2, -0.15) is 0 Å². The van der Waals surface area contributed by atoms with Crippen LogP contribution in [0.15, 0.2) is 215 Å². The van der Waals surface area contributed by atoms with E-state index < -0.39 is 0 Å². The highest BCUT2D eigenvalue weighted by molar-refractivity contribution is 6.15. The summed E-state index contributed by atoms with van der Waals surface area (Å²) in [7, 11) is 0. The van der Waals surface area contributed by atoms with Crippen molar-refractivity contribution in [2.24, 2.45) is 0 Å². The lowest BCUT2D eigenvalue weighted by Crippen LogP contribution is -1.86. The zero-order valence-corrected chi connectivity index (χ0v) is 30.4. The van der Waals surface area contributed by atoms with Gasteiger partial charge in [-0.25, -0.2) is 0 Å². The second kappa shape index (κ2) is 13.2. The van der Waals surface area contributed by atoms with E-state index in [-0.39, 0.29) is 0 Å². The Kier molecular flexibility index (Phi) is 7.53. The molecule has 0 fully saturated rings. The highest BCUT2D eigenvalue weighted by Gasteiger charge is 2.16. The maximum Gasteiger partial charge on any atom is 0.136 e. The number of hydrogen-bond donors (Lipinski definition) is 0. The quantitative estimate of drug-likeness (QED) is 0.171. The Bertz CT molecular complexity index is 2870. The van der Waals surface area contributed by atoms with Crippen LogP contribution < -0.4 is 0 Å². The molecule has 11 rings (SSSR count). The van der Waals surface area contributed by atoms with Gasteiger partial charge in [0.05, 0.1) is 0 Å². The molecule has 56 heavy (non-hydrogen) atoms. The van der Waals surface area contributed by atoms with Crippen molar-refractivity contribution in [1.82, 2.24) is 0 Å². The first-order chi connectivity index (χ1) is 27.7. The molecule has 0 saturated carbocycles. The van der Waals surface area contributed by atoms with E-state index in [0.29, 0.717) is 0 Å². The van der Waals surface area contributed by atoms with E-state index in [1.54, 1.807) is 0 Å². The van der Waals surface area contributed by atoms with Gasteiger partial charge >= 0.3 is 0 Å². The predicted molar refractivity (Wildman–Crippen MR) is 234 cm³/mol. The molecule has 0 saturated heterocycles. The maximum atomic E-state index is 6.63. The minimum Gasteiger partial charge on any atom is -0.456 e. The van der Waals surface area contributed by atoms with Gasteiger partial charge in [0.2, 0.25) is 0 Å². The fraction of sp³-hybridized carbons (Fsp3) is 0. The Morgan fingerprint density at radius 1 is 0.179 bits per heavy atom. The topological polar surface area (TPSA) is 26.3 Å². The fourth-order valence-corrected chi connectivity index (χ4v) is 8.18. The highest BCUT2D eigenvalue weighted by atomic mass is 16.3. The number of hydrogen-bond acceptors (Lipinski definition) is 2. The van der Waals surface area contributed by atoms with Gasteiger partial charge in [0, 0.05) is 21.5 Å². The Labute approximate surface area is 324 Å². The number of rotatable bonds is 6. The molecule has 11 aromatic rings. The second-order valence-electron chi connectivity index (χ2n) is 14.5. The third-order valence-corrected chi connectivity index (χ3v) is 11.0. The largest absolute Gasteiger partial charge is 0.456 e. The molecule has 0 aliphatic rings. The molecule has 0 radical (unpaired) electrons. The molecule has 0 N–H and O–H groups in total. The summed E-state index contributed by atoms with van der Waals surface area (Å²) in [6.45, 7) is 0. The van der Waals surface area contributed by atoms with Crippen molar-refractivity contribution in [3.05, 3.63) is 206 Å². The molecule has 0 amide bonds. The van der Waals surface area contributed by atoms with E-state index in [9.17, 15) is 0 Å². The van der Waals surface area contributed by atoms with E-state index in [0.717, 1.165) is 66.1 Å². The summed E-state index contributed by atoms with van der Waals surface area (Å²) in [5.74, 6) is 0. The number of benzene rings is 9. The van der Waals surface area contributed by atoms with Gasteiger partial charge in [-0.1, -0.05) is 133 Å². The lowest BCUT2D eigenvalue weighted by molar-refractivity contribution is 0.664. The summed E-state index contributed by atoms with van der Waals surface area (Å²) in [6.07, 6.45) is 0. The molecule has 0 unspecified atom stereocenters. The van der Waals surface area contributed by atoms with E-state index >= 15 is 0 Å². The molecule has 0 spiro atoms. The van der Waals surface area contributed by atoms with Crippen LogP contribution in [-0.2, 0) is 0 Å². The SMILES string of the molecule is c1ccc(-c2cc(-c3ccccc3)cc(-c3ccc4c(c3)oc3cc5c(cc34)oc3cc(-c4cc(-c6ccccc6)cc(-c6ccccc6)c4)ccc35)c2)cc1. The van der Waals surface area contributed by atoms with Gasteiger partial charge in [0.15, 0.2) is 0 Å². The first-order valence-corrected chi connectivity index (χ1v) is 19.1. The smallest absolute Gasteiger partial charge is 0.136 e. The molecule has 9 aromatic carbocycles. The van der Waals surface area contributed by atoms with Crippen molar-refractivity contribution in [2.45, 2.75) is 0 Å². The van der Waals surface area contributed by atoms with Gasteiger partial charge in [-0.15, -0.1) is 0 Å². The average Bonchev–Trinajstić information content (AvgIpc) is 3.82. The lowest BCUT2D eigenvalue weighted by Gasteiger charge is -2.11. The van der Waals surface area contributed by atoms with Crippen LogP contribution in [0, 0.1) is 0 Å². The van der Waals surface area contributed by atoms with Crippen molar-refractivity contribution >= 4 is 43.9 Å². The minimum absolute atomic E-state index is 0.850. The lowest BCUT2D eigenvalue weighted by atomic mass is 9.93. The molecule has 0 atom stereocenters. The summed E-state index contributed by atoms with van der Waals surface area (Å²) in [5.41, 5.74) is 17.4. The van der Waals surface area contributed by atoms with Crippen LogP contribution >= 0.6 is 0 Å². The predicted octanol–water partition coefficient (Wildman–Crippen LogP) is 15.5. The zero-order valence-electron chi connectivity index (χ0n) is 30.4. The van der Waals surface area contributed by atoms with Gasteiger partial charge in [0.25, 0.3) is 0 Å². The van der Waals surface area contributed by atoms with Crippen LogP contribution in [0.5, 0.6) is 0 Å². The molecular formula is C54H34O2. The summed E-state index contributed by atoms with van der Waals surface area (Å²) < 4.78 is 13.3. The van der Waals surface area contributed by atoms with E-state index in [2.05, 4.69) is 206 Å². The van der Waals surface area contributed by atoms with Crippen molar-refractivity contribution in [2.75, 3.05) is 0 Å². The van der Waals surface area contributed by atoms with Crippen molar-refractivity contribution in [3.8, 4) is 66.8 Å². The molecular weight excluding hydrogens is 681 g/mol. The van der Waals surface area contributed by atoms with Gasteiger partial charge in [-0.05, 0) is 140 Å². The van der Waals surface area contributed by atoms with Crippen LogP contribution in [0.1, 0.15) is 0 Å². The minimum atomic E-state index is 0.850. The van der Waals surface area contributed by atoms with Crippen LogP contribution in [0.2, 0.25) is 0 Å². The van der Waals surface area contributed by atoms with Crippen LogP contribution in [-0.4, -0.2) is 0 Å². The van der Waals surface area contributed by atoms with Crippen LogP contribution in [0.4, 0.5) is 0 Å². The summed E-state index contributed by atoms with van der Waals surface area (Å²) in [6, 6.07) is 73.4. The van der Waals surface area contributed by atoms with Crippen molar-refractivity contribution in [3.63, 3.8) is 0 Å². The maximum absolute atomic E-state index is 6.63. The second-order valence-corrected chi connectivity index (χ2v) is 14.5. The third-order valence-electron chi connectivity index (χ3n) is 11.0. The number of furan rings is 2. The zero-order chi connectivity index (χ0) is 37.0. The Balaban J connectivity index is 0.996. The highest BCUT2D eigenvalue weighted by Crippen LogP contribution is 2.41. The monoisotopic (exact) mass is 714 g/mol. The first-order valence-electron chi connectivity index (χ1n) is 19.1. The average molecular weight is 715 g/mol. The molecule has 2 aromatic heterocycles. The molecule has 2 nitrogen and oxygen atoms in total. The van der Waals surface area contributed by atoms with Crippen molar-refractivity contribution < 1.29 is 8.83 Å². The van der Waals surface area contributed by atoms with E-state index in [4.69, 9.17) is 8.83 Å². The fourth-order valence-electron chi connectivity index (χ4n) is 8.18. The normalized spacial score (nSPS) is 11.6. The van der Waals surface area contributed by atoms with Gasteiger partial charge < -0.3 is 8.83 Å². The Morgan fingerprint density at radius 2 is 0.446 bits per heavy atom. The van der Waals surface area contributed by atoms with Crippen LogP contribution in [0.25, 0.3) is 111 Å². The standard InChI is InChI=1S/C54H34O2/c1-5-13-35(14-6-1)41-25-42(36-15-7-2-8-16-36)28-45(27-41)39-21-23-47-49-33-54-50(34-53(49)55-51(47)31-39)48-24-22-40(32-52(48)56-54)46-29-43(37-17-9-3-10-18-37)26-44(30-46)38-19-11-4-12-20-38/h1-34H. The van der Waals surface area contributed by atoms with E-state index in [1.807, 2.05) is 0 Å². The van der Waals surface area contributed by atoms with Gasteiger partial charge in [0.1, 0.15) is 22.3 Å². The summed E-state index contributed by atoms with van der Waals surface area (Å²) in [4.78, 5) is 0. The molecule has 2 heteroatoms.